The lowest BCUT2D eigenvalue weighted by atomic mass is 10.1. The lowest BCUT2D eigenvalue weighted by Crippen LogP contribution is -2.03. The van der Waals surface area contributed by atoms with E-state index in [1.165, 1.54) is 6.07 Å². The Balaban J connectivity index is 2.67. The zero-order chi connectivity index (χ0) is 12.1. The van der Waals surface area contributed by atoms with Crippen molar-refractivity contribution < 1.29 is 14.2 Å². The Bertz CT molecular complexity index is 335. The lowest BCUT2D eigenvalue weighted by molar-refractivity contribution is 0.198. The van der Waals surface area contributed by atoms with Crippen molar-refractivity contribution in [3.8, 4) is 5.75 Å². The highest BCUT2D eigenvalue weighted by Gasteiger charge is 2.08. The Morgan fingerprint density at radius 2 is 2.00 bits per heavy atom. The Kier molecular flexibility index (Phi) is 4.74. The number of benzene rings is 1. The summed E-state index contributed by atoms with van der Waals surface area (Å²) in [4.78, 5) is 0. The number of rotatable bonds is 5. The van der Waals surface area contributed by atoms with Gasteiger partial charge in [0, 0.05) is 0 Å². The van der Waals surface area contributed by atoms with E-state index in [0.717, 1.165) is 6.42 Å². The van der Waals surface area contributed by atoms with Crippen molar-refractivity contribution in [2.75, 3.05) is 6.61 Å². The van der Waals surface area contributed by atoms with Gasteiger partial charge in [-0.3, -0.25) is 0 Å². The third-order valence-electron chi connectivity index (χ3n) is 2.39. The largest absolute Gasteiger partial charge is 0.490 e. The molecule has 0 unspecified atom stereocenters. The SMILES string of the molecule is CC(C)CCOc1cc([C@@H](C)O)ccc1F. The molecule has 1 aromatic rings. The minimum Gasteiger partial charge on any atom is -0.490 e. The molecule has 0 aromatic heterocycles. The fourth-order valence-corrected chi connectivity index (χ4v) is 1.30. The van der Waals surface area contributed by atoms with Gasteiger partial charge in [0.1, 0.15) is 0 Å². The number of hydrogen-bond donors (Lipinski definition) is 1. The van der Waals surface area contributed by atoms with Gasteiger partial charge in [-0.1, -0.05) is 19.9 Å². The molecule has 1 rings (SSSR count). The van der Waals surface area contributed by atoms with Crippen molar-refractivity contribution in [1.82, 2.24) is 0 Å². The molecule has 0 aliphatic rings. The molecule has 0 saturated carbocycles. The molecule has 0 spiro atoms. The van der Waals surface area contributed by atoms with Gasteiger partial charge >= 0.3 is 0 Å². The van der Waals surface area contributed by atoms with E-state index < -0.39 is 6.10 Å². The van der Waals surface area contributed by atoms with Crippen LogP contribution < -0.4 is 4.74 Å². The van der Waals surface area contributed by atoms with Crippen LogP contribution in [0, 0.1) is 11.7 Å². The molecule has 1 atom stereocenters. The topological polar surface area (TPSA) is 29.5 Å². The molecule has 1 aromatic carbocycles. The summed E-state index contributed by atoms with van der Waals surface area (Å²) in [7, 11) is 0. The Morgan fingerprint density at radius 3 is 2.56 bits per heavy atom. The fraction of sp³-hybridized carbons (Fsp3) is 0.538. The van der Waals surface area contributed by atoms with E-state index in [4.69, 9.17) is 4.74 Å². The zero-order valence-corrected chi connectivity index (χ0v) is 10.0. The summed E-state index contributed by atoms with van der Waals surface area (Å²) in [6.45, 7) is 6.32. The van der Waals surface area contributed by atoms with E-state index in [9.17, 15) is 9.50 Å². The summed E-state index contributed by atoms with van der Waals surface area (Å²) < 4.78 is 18.7. The van der Waals surface area contributed by atoms with Gasteiger partial charge in [-0.05, 0) is 37.0 Å². The standard InChI is InChI=1S/C13H19FO2/c1-9(2)6-7-16-13-8-11(10(3)15)4-5-12(13)14/h4-5,8-10,15H,6-7H2,1-3H3/t10-/m1/s1. The molecular formula is C13H19FO2. The third-order valence-corrected chi connectivity index (χ3v) is 2.39. The maximum absolute atomic E-state index is 13.4. The summed E-state index contributed by atoms with van der Waals surface area (Å²) >= 11 is 0. The van der Waals surface area contributed by atoms with Crippen LogP contribution in [-0.4, -0.2) is 11.7 Å². The van der Waals surface area contributed by atoms with E-state index in [1.54, 1.807) is 19.1 Å². The number of hydrogen-bond acceptors (Lipinski definition) is 2. The zero-order valence-electron chi connectivity index (χ0n) is 10.0. The summed E-state index contributed by atoms with van der Waals surface area (Å²) in [6, 6.07) is 4.45. The number of aliphatic hydroxyl groups excluding tert-OH is 1. The van der Waals surface area contributed by atoms with Crippen LogP contribution in [0.15, 0.2) is 18.2 Å². The van der Waals surface area contributed by atoms with Crippen molar-refractivity contribution in [2.45, 2.75) is 33.3 Å². The van der Waals surface area contributed by atoms with Gasteiger partial charge in [-0.2, -0.15) is 0 Å². The molecule has 90 valence electrons. The summed E-state index contributed by atoms with van der Waals surface area (Å²) in [5.74, 6) is 0.371. The molecule has 3 heteroatoms. The van der Waals surface area contributed by atoms with Crippen LogP contribution in [0.4, 0.5) is 4.39 Å². The summed E-state index contributed by atoms with van der Waals surface area (Å²) in [5, 5.41) is 9.37. The van der Waals surface area contributed by atoms with Crippen LogP contribution in [0.25, 0.3) is 0 Å². The highest BCUT2D eigenvalue weighted by molar-refractivity contribution is 5.31. The maximum atomic E-state index is 13.4. The predicted octanol–water partition coefficient (Wildman–Crippen LogP) is 3.30. The second-order valence-corrected chi connectivity index (χ2v) is 4.40. The van der Waals surface area contributed by atoms with E-state index in [1.807, 2.05) is 0 Å². The van der Waals surface area contributed by atoms with Crippen molar-refractivity contribution in [1.29, 1.82) is 0 Å². The predicted molar refractivity (Wildman–Crippen MR) is 62.0 cm³/mol. The molecule has 0 heterocycles. The normalized spacial score (nSPS) is 12.9. The first-order chi connectivity index (χ1) is 7.50. The van der Waals surface area contributed by atoms with Crippen molar-refractivity contribution in [2.24, 2.45) is 5.92 Å². The number of halogens is 1. The van der Waals surface area contributed by atoms with Crippen LogP contribution in [0.2, 0.25) is 0 Å². The molecule has 0 saturated heterocycles. The highest BCUT2D eigenvalue weighted by Crippen LogP contribution is 2.23. The van der Waals surface area contributed by atoms with E-state index in [0.29, 0.717) is 18.1 Å². The average molecular weight is 226 g/mol. The first-order valence-electron chi connectivity index (χ1n) is 5.61. The minimum atomic E-state index is -0.604. The molecule has 0 fully saturated rings. The monoisotopic (exact) mass is 226 g/mol. The van der Waals surface area contributed by atoms with Crippen LogP contribution >= 0.6 is 0 Å². The second-order valence-electron chi connectivity index (χ2n) is 4.40. The molecule has 2 nitrogen and oxygen atoms in total. The summed E-state index contributed by atoms with van der Waals surface area (Å²) in [5.41, 5.74) is 0.668. The highest BCUT2D eigenvalue weighted by atomic mass is 19.1. The van der Waals surface area contributed by atoms with Gasteiger partial charge in [0.2, 0.25) is 0 Å². The smallest absolute Gasteiger partial charge is 0.165 e. The fourth-order valence-electron chi connectivity index (χ4n) is 1.30. The molecule has 0 radical (unpaired) electrons. The summed E-state index contributed by atoms with van der Waals surface area (Å²) in [6.07, 6.45) is 0.284. The Hall–Kier alpha value is -1.09. The Morgan fingerprint density at radius 1 is 1.31 bits per heavy atom. The van der Waals surface area contributed by atoms with Gasteiger partial charge in [0.15, 0.2) is 11.6 Å². The van der Waals surface area contributed by atoms with Crippen LogP contribution in [0.5, 0.6) is 5.75 Å². The van der Waals surface area contributed by atoms with Gasteiger partial charge < -0.3 is 9.84 Å². The number of ether oxygens (including phenoxy) is 1. The van der Waals surface area contributed by atoms with E-state index >= 15 is 0 Å². The first-order valence-corrected chi connectivity index (χ1v) is 5.61. The van der Waals surface area contributed by atoms with Crippen LogP contribution in [-0.2, 0) is 0 Å². The Labute approximate surface area is 96.1 Å². The third kappa shape index (κ3) is 3.81. The van der Waals surface area contributed by atoms with E-state index in [-0.39, 0.29) is 11.6 Å². The minimum absolute atomic E-state index is 0.221. The second kappa shape index (κ2) is 5.85. The van der Waals surface area contributed by atoms with Crippen LogP contribution in [0.1, 0.15) is 38.9 Å². The van der Waals surface area contributed by atoms with Gasteiger partial charge in [-0.25, -0.2) is 4.39 Å². The van der Waals surface area contributed by atoms with Crippen molar-refractivity contribution >= 4 is 0 Å². The number of aliphatic hydroxyl groups is 1. The molecule has 0 aliphatic heterocycles. The first kappa shape index (κ1) is 13.0. The maximum Gasteiger partial charge on any atom is 0.165 e. The molecule has 1 N–H and O–H groups in total. The van der Waals surface area contributed by atoms with Gasteiger partial charge in [0.05, 0.1) is 12.7 Å². The average Bonchev–Trinajstić information content (AvgIpc) is 2.20. The van der Waals surface area contributed by atoms with Crippen LogP contribution in [0.3, 0.4) is 0 Å². The molecule has 0 amide bonds. The van der Waals surface area contributed by atoms with Crippen molar-refractivity contribution in [3.63, 3.8) is 0 Å². The molecule has 0 bridgehead atoms. The molecule has 0 aliphatic carbocycles. The quantitative estimate of drug-likeness (QED) is 0.834. The van der Waals surface area contributed by atoms with Gasteiger partial charge in [0.25, 0.3) is 0 Å². The lowest BCUT2D eigenvalue weighted by Gasteiger charge is -2.11. The van der Waals surface area contributed by atoms with Crippen molar-refractivity contribution in [3.05, 3.63) is 29.6 Å². The van der Waals surface area contributed by atoms with E-state index in [2.05, 4.69) is 13.8 Å². The molecule has 16 heavy (non-hydrogen) atoms. The molecular weight excluding hydrogens is 207 g/mol. The van der Waals surface area contributed by atoms with Gasteiger partial charge in [-0.15, -0.1) is 0 Å².